The molecule has 0 aliphatic heterocycles. The van der Waals surface area contributed by atoms with Crippen molar-refractivity contribution in [3.05, 3.63) is 0 Å². The smallest absolute Gasteiger partial charge is 0.217 e. The summed E-state index contributed by atoms with van der Waals surface area (Å²) >= 11 is 0. The molecule has 0 aliphatic rings. The van der Waals surface area contributed by atoms with Gasteiger partial charge in [-0.15, -0.1) is 0 Å². The van der Waals surface area contributed by atoms with Crippen LogP contribution in [0.5, 0.6) is 0 Å². The zero-order valence-corrected chi connectivity index (χ0v) is 9.59. The molecule has 14 heavy (non-hydrogen) atoms. The summed E-state index contributed by atoms with van der Waals surface area (Å²) < 4.78 is 7.55. The molecule has 0 saturated carbocycles. The van der Waals surface area contributed by atoms with Crippen LogP contribution in [0.25, 0.3) is 0 Å². The molecule has 2 nitrogen and oxygen atoms in total. The molecule has 0 radical (unpaired) electrons. The van der Waals surface area contributed by atoms with E-state index >= 15 is 0 Å². The first kappa shape index (κ1) is 11.5. The summed E-state index contributed by atoms with van der Waals surface area (Å²) in [6.07, 6.45) is 6.81. The number of carbonyl (C=O) groups is 1. The number of primary amides is 1. The van der Waals surface area contributed by atoms with Crippen LogP contribution in [0.3, 0.4) is 0 Å². The predicted octanol–water partition coefficient (Wildman–Crippen LogP) is 3.25. The standard InChI is InChI=1S/C12H25NO/c1-11(2)9-7-5-3-4-6-8-10-12(13)14/h11H,3-10H2,1-2H3,(H2,13,14)/i8D. The molecule has 1 amide bonds. The number of nitrogens with two attached hydrogens (primary N) is 1. The number of amides is 1. The normalized spacial score (nSPS) is 14.1. The van der Waals surface area contributed by atoms with Gasteiger partial charge in [-0.1, -0.05) is 52.4 Å². The van der Waals surface area contributed by atoms with E-state index in [1.807, 2.05) is 0 Å². The lowest BCUT2D eigenvalue weighted by Gasteiger charge is -2.03. The highest BCUT2D eigenvalue weighted by Gasteiger charge is 1.96. The summed E-state index contributed by atoms with van der Waals surface area (Å²) in [5.41, 5.74) is 5.02. The highest BCUT2D eigenvalue weighted by molar-refractivity contribution is 5.73. The molecule has 1 atom stereocenters. The first-order valence-electron chi connectivity index (χ1n) is 6.30. The SMILES string of the molecule is [2H]C(CCCCCCC(C)C)CC(N)=O. The quantitative estimate of drug-likeness (QED) is 0.570. The molecular formula is C12H25NO. The second-order valence-corrected chi connectivity index (χ2v) is 4.34. The fraction of sp³-hybridized carbons (Fsp3) is 0.917. The van der Waals surface area contributed by atoms with Crippen molar-refractivity contribution in [1.82, 2.24) is 0 Å². The topological polar surface area (TPSA) is 43.1 Å². The van der Waals surface area contributed by atoms with Crippen LogP contribution in [0.4, 0.5) is 0 Å². The van der Waals surface area contributed by atoms with Crippen molar-refractivity contribution in [3.63, 3.8) is 0 Å². The van der Waals surface area contributed by atoms with Gasteiger partial charge < -0.3 is 5.73 Å². The van der Waals surface area contributed by atoms with Gasteiger partial charge in [0, 0.05) is 7.79 Å². The van der Waals surface area contributed by atoms with Crippen LogP contribution in [0, 0.1) is 5.92 Å². The molecule has 0 aromatic rings. The Kier molecular flexibility index (Phi) is 7.46. The fourth-order valence-electron chi connectivity index (χ4n) is 1.44. The van der Waals surface area contributed by atoms with Gasteiger partial charge >= 0.3 is 0 Å². The Labute approximate surface area is 89.7 Å². The summed E-state index contributed by atoms with van der Waals surface area (Å²) in [6, 6.07) is 0. The van der Waals surface area contributed by atoms with E-state index in [9.17, 15) is 4.79 Å². The number of unbranched alkanes of at least 4 members (excludes halogenated alkanes) is 3. The molecule has 0 aromatic heterocycles. The second kappa shape index (κ2) is 9.04. The van der Waals surface area contributed by atoms with Crippen LogP contribution in [0.2, 0.25) is 0 Å². The number of carbonyl (C=O) groups excluding carboxylic acids is 1. The predicted molar refractivity (Wildman–Crippen MR) is 61.0 cm³/mol. The molecule has 0 heterocycles. The van der Waals surface area contributed by atoms with Gasteiger partial charge in [0.05, 0.1) is 0 Å². The Bertz CT molecular complexity index is 171. The maximum atomic E-state index is 10.5. The lowest BCUT2D eigenvalue weighted by Crippen LogP contribution is -2.09. The van der Waals surface area contributed by atoms with Crippen molar-refractivity contribution in [3.8, 4) is 0 Å². The van der Waals surface area contributed by atoms with Crippen LogP contribution >= 0.6 is 0 Å². The van der Waals surface area contributed by atoms with E-state index in [2.05, 4.69) is 13.8 Å². The average molecular weight is 200 g/mol. The van der Waals surface area contributed by atoms with E-state index in [0.29, 0.717) is 0 Å². The summed E-state index contributed by atoms with van der Waals surface area (Å²) in [7, 11) is 0. The van der Waals surface area contributed by atoms with Gasteiger partial charge in [-0.25, -0.2) is 0 Å². The largest absolute Gasteiger partial charge is 0.370 e. The highest BCUT2D eigenvalue weighted by atomic mass is 16.1. The fourth-order valence-corrected chi connectivity index (χ4v) is 1.44. The summed E-state index contributed by atoms with van der Waals surface area (Å²) in [5, 5.41) is 0. The minimum absolute atomic E-state index is 0.214. The van der Waals surface area contributed by atoms with Gasteiger partial charge in [-0.05, 0) is 12.3 Å². The van der Waals surface area contributed by atoms with Gasteiger partial charge in [-0.3, -0.25) is 4.79 Å². The van der Waals surface area contributed by atoms with Crippen LogP contribution in [0.15, 0.2) is 0 Å². The third kappa shape index (κ3) is 11.5. The third-order valence-electron chi connectivity index (χ3n) is 2.29. The summed E-state index contributed by atoms with van der Waals surface area (Å²) in [5.74, 6) is 0.443. The van der Waals surface area contributed by atoms with Crippen LogP contribution < -0.4 is 5.73 Å². The molecule has 1 unspecified atom stereocenters. The van der Waals surface area contributed by atoms with Crippen molar-refractivity contribution in [2.24, 2.45) is 11.7 Å². The molecule has 0 aromatic carbocycles. The first-order valence-corrected chi connectivity index (χ1v) is 5.73. The summed E-state index contributed by atoms with van der Waals surface area (Å²) in [4.78, 5) is 10.5. The lowest BCUT2D eigenvalue weighted by atomic mass is 10.0. The van der Waals surface area contributed by atoms with Crippen LogP contribution in [-0.4, -0.2) is 5.91 Å². The van der Waals surface area contributed by atoms with E-state index < -0.39 is 0 Å². The number of hydrogen-bond donors (Lipinski definition) is 1. The highest BCUT2D eigenvalue weighted by Crippen LogP contribution is 2.11. The Balaban J connectivity index is 3.20. The molecular weight excluding hydrogens is 174 g/mol. The average Bonchev–Trinajstić information content (AvgIpc) is 2.09. The van der Waals surface area contributed by atoms with Crippen LogP contribution in [-0.2, 0) is 4.79 Å². The maximum absolute atomic E-state index is 10.5. The van der Waals surface area contributed by atoms with E-state index in [-0.39, 0.29) is 18.7 Å². The molecule has 84 valence electrons. The van der Waals surface area contributed by atoms with Gasteiger partial charge in [0.1, 0.15) is 0 Å². The Morgan fingerprint density at radius 2 is 1.79 bits per heavy atom. The van der Waals surface area contributed by atoms with Crippen molar-refractivity contribution in [1.29, 1.82) is 0 Å². The second-order valence-electron chi connectivity index (χ2n) is 4.34. The molecule has 0 rings (SSSR count). The Hall–Kier alpha value is -0.530. The Morgan fingerprint density at radius 1 is 1.21 bits per heavy atom. The molecule has 0 fully saturated rings. The minimum atomic E-state index is -0.352. The van der Waals surface area contributed by atoms with E-state index in [4.69, 9.17) is 7.10 Å². The zero-order chi connectivity index (χ0) is 11.7. The molecule has 0 bridgehead atoms. The van der Waals surface area contributed by atoms with E-state index in [1.54, 1.807) is 0 Å². The minimum Gasteiger partial charge on any atom is -0.370 e. The molecule has 0 spiro atoms. The number of hydrogen-bond acceptors (Lipinski definition) is 1. The van der Waals surface area contributed by atoms with Gasteiger partial charge in [-0.2, -0.15) is 0 Å². The van der Waals surface area contributed by atoms with Crippen molar-refractivity contribution >= 4 is 5.91 Å². The molecule has 0 aliphatic carbocycles. The van der Waals surface area contributed by atoms with E-state index in [1.165, 1.54) is 25.7 Å². The Morgan fingerprint density at radius 3 is 2.36 bits per heavy atom. The third-order valence-corrected chi connectivity index (χ3v) is 2.29. The molecule has 2 N–H and O–H groups in total. The molecule has 2 heteroatoms. The zero-order valence-electron chi connectivity index (χ0n) is 10.6. The number of rotatable bonds is 9. The van der Waals surface area contributed by atoms with E-state index in [0.717, 1.165) is 18.8 Å². The lowest BCUT2D eigenvalue weighted by molar-refractivity contribution is -0.118. The first-order chi connectivity index (χ1) is 7.02. The monoisotopic (exact) mass is 200 g/mol. The van der Waals surface area contributed by atoms with Gasteiger partial charge in [0.15, 0.2) is 0 Å². The van der Waals surface area contributed by atoms with Gasteiger partial charge in [0.2, 0.25) is 5.91 Å². The van der Waals surface area contributed by atoms with Gasteiger partial charge in [0.25, 0.3) is 0 Å². The summed E-state index contributed by atoms with van der Waals surface area (Å²) in [6.45, 7) is 4.49. The van der Waals surface area contributed by atoms with Crippen molar-refractivity contribution < 1.29 is 6.17 Å². The van der Waals surface area contributed by atoms with Crippen LogP contribution in [0.1, 0.15) is 66.6 Å². The van der Waals surface area contributed by atoms with Crippen molar-refractivity contribution in [2.45, 2.75) is 65.2 Å². The van der Waals surface area contributed by atoms with Crippen molar-refractivity contribution in [2.75, 3.05) is 0 Å². The molecule has 0 saturated heterocycles. The maximum Gasteiger partial charge on any atom is 0.217 e.